The van der Waals surface area contributed by atoms with Gasteiger partial charge in [0.25, 0.3) is 0 Å². The van der Waals surface area contributed by atoms with Gasteiger partial charge in [-0.1, -0.05) is 0 Å². The second kappa shape index (κ2) is 2.93. The van der Waals surface area contributed by atoms with Gasteiger partial charge >= 0.3 is 27.7 Å². The first kappa shape index (κ1) is 9.96. The Morgan fingerprint density at radius 1 is 1.50 bits per heavy atom. The molecular formula is CH3HgO3S. The van der Waals surface area contributed by atoms with E-state index in [0.717, 1.165) is 0 Å². The third kappa shape index (κ3) is 100. The van der Waals surface area contributed by atoms with Crippen molar-refractivity contribution in [2.24, 2.45) is 0 Å². The molecule has 0 fully saturated rings. The van der Waals surface area contributed by atoms with Crippen LogP contribution >= 0.6 is 0 Å². The van der Waals surface area contributed by atoms with Crippen LogP contribution in [0.15, 0.2) is 0 Å². The molecule has 0 heterocycles. The molecule has 0 aromatic carbocycles. The van der Waals surface area contributed by atoms with Crippen LogP contribution in [0.1, 0.15) is 0 Å². The summed E-state index contributed by atoms with van der Waals surface area (Å²) in [5, 5.41) is 0. The van der Waals surface area contributed by atoms with Crippen LogP contribution in [0.3, 0.4) is 0 Å². The Labute approximate surface area is 57.0 Å². The van der Waals surface area contributed by atoms with Crippen molar-refractivity contribution in [3.05, 3.63) is 0 Å². The smallest absolute Gasteiger partial charge is 0.748 e. The van der Waals surface area contributed by atoms with Crippen molar-refractivity contribution < 1.29 is 40.6 Å². The van der Waals surface area contributed by atoms with Crippen LogP contribution in [0.4, 0.5) is 0 Å². The molecule has 0 amide bonds. The maximum absolute atomic E-state index is 9.08. The van der Waals surface area contributed by atoms with E-state index in [1.807, 2.05) is 0 Å². The average Bonchev–Trinajstić information content (AvgIpc) is 0.722. The summed E-state index contributed by atoms with van der Waals surface area (Å²) in [6, 6.07) is 0. The minimum absolute atomic E-state index is 0. The van der Waals surface area contributed by atoms with Crippen LogP contribution in [0.5, 0.6) is 0 Å². The Morgan fingerprint density at radius 3 is 1.50 bits per heavy atom. The van der Waals surface area contributed by atoms with Crippen LogP contribution in [0.2, 0.25) is 0 Å². The van der Waals surface area contributed by atoms with Crippen LogP contribution in [0.25, 0.3) is 0 Å². The van der Waals surface area contributed by atoms with Crippen LogP contribution < -0.4 is 0 Å². The molecule has 0 aliphatic heterocycles. The van der Waals surface area contributed by atoms with Crippen LogP contribution in [-0.2, 0) is 37.8 Å². The maximum Gasteiger partial charge on any atom is 1.00 e. The van der Waals surface area contributed by atoms with Gasteiger partial charge in [-0.3, -0.25) is 0 Å². The standard InChI is InChI=1S/CH4O3S.Hg/c1-5(2,3)4;/h1H3,(H,2,3,4);/q;+1/p-1. The first-order valence-corrected chi connectivity index (χ1v) is 2.72. The second-order valence-electron chi connectivity index (χ2n) is 0.704. The van der Waals surface area contributed by atoms with Gasteiger partial charge in [0.05, 0.1) is 10.1 Å². The zero-order valence-corrected chi connectivity index (χ0v) is 9.65. The molecule has 0 unspecified atom stereocenters. The fourth-order valence-corrected chi connectivity index (χ4v) is 0. The van der Waals surface area contributed by atoms with Crippen molar-refractivity contribution >= 4 is 10.1 Å². The molecule has 0 aliphatic carbocycles. The van der Waals surface area contributed by atoms with Crippen molar-refractivity contribution in [3.63, 3.8) is 0 Å². The van der Waals surface area contributed by atoms with E-state index >= 15 is 0 Å². The van der Waals surface area contributed by atoms with Gasteiger partial charge in [0, 0.05) is 6.26 Å². The first-order chi connectivity index (χ1) is 2.00. The molecule has 0 saturated carbocycles. The summed E-state index contributed by atoms with van der Waals surface area (Å²) in [5.74, 6) is 0. The SMILES string of the molecule is CS(=O)(=O)[O-].[Hg+]. The molecule has 0 aliphatic rings. The van der Waals surface area contributed by atoms with Gasteiger partial charge in [-0.15, -0.1) is 0 Å². The fourth-order valence-electron chi connectivity index (χ4n) is 0. The topological polar surface area (TPSA) is 57.2 Å². The molecule has 5 heteroatoms. The summed E-state index contributed by atoms with van der Waals surface area (Å²) < 4.78 is 27.2. The van der Waals surface area contributed by atoms with E-state index in [9.17, 15) is 0 Å². The van der Waals surface area contributed by atoms with Crippen molar-refractivity contribution in [1.29, 1.82) is 0 Å². The van der Waals surface area contributed by atoms with E-state index in [4.69, 9.17) is 13.0 Å². The maximum atomic E-state index is 9.08. The zero-order chi connectivity index (χ0) is 4.50. The van der Waals surface area contributed by atoms with Gasteiger partial charge in [-0.25, -0.2) is 8.42 Å². The molecule has 0 bridgehead atoms. The Hall–Kier alpha value is 0.845. The molecule has 0 aromatic heterocycles. The first-order valence-electron chi connectivity index (χ1n) is 0.908. The predicted molar refractivity (Wildman–Crippen MR) is 15.6 cm³/mol. The average molecular weight is 296 g/mol. The van der Waals surface area contributed by atoms with E-state index in [2.05, 4.69) is 0 Å². The second-order valence-corrected chi connectivity index (χ2v) is 2.11. The third-order valence-corrected chi connectivity index (χ3v) is 0. The molecule has 0 atom stereocenters. The summed E-state index contributed by atoms with van der Waals surface area (Å²) in [5.41, 5.74) is 0. The van der Waals surface area contributed by atoms with E-state index in [0.29, 0.717) is 6.26 Å². The minimum Gasteiger partial charge on any atom is -0.748 e. The monoisotopic (exact) mass is 297 g/mol. The molecule has 0 rings (SSSR count). The third-order valence-electron chi connectivity index (χ3n) is 0. The molecule has 0 spiro atoms. The van der Waals surface area contributed by atoms with Crippen molar-refractivity contribution in [2.45, 2.75) is 0 Å². The van der Waals surface area contributed by atoms with Gasteiger partial charge in [0.1, 0.15) is 0 Å². The van der Waals surface area contributed by atoms with E-state index in [-0.39, 0.29) is 27.7 Å². The van der Waals surface area contributed by atoms with Gasteiger partial charge in [-0.2, -0.15) is 0 Å². The summed E-state index contributed by atoms with van der Waals surface area (Å²) in [4.78, 5) is 0. The number of hydrogen-bond donors (Lipinski definition) is 0. The van der Waals surface area contributed by atoms with Crippen molar-refractivity contribution in [1.82, 2.24) is 0 Å². The van der Waals surface area contributed by atoms with Gasteiger partial charge in [0.2, 0.25) is 0 Å². The van der Waals surface area contributed by atoms with E-state index in [1.54, 1.807) is 0 Å². The number of hydrogen-bond acceptors (Lipinski definition) is 3. The summed E-state index contributed by atoms with van der Waals surface area (Å²) in [6.45, 7) is 0. The molecule has 0 N–H and O–H groups in total. The Balaban J connectivity index is 0. The Morgan fingerprint density at radius 2 is 1.50 bits per heavy atom. The summed E-state index contributed by atoms with van der Waals surface area (Å²) >= 11 is 0. The molecule has 1 radical (unpaired) electrons. The zero-order valence-electron chi connectivity index (χ0n) is 3.34. The van der Waals surface area contributed by atoms with Crippen LogP contribution in [0, 0.1) is 0 Å². The van der Waals surface area contributed by atoms with Crippen molar-refractivity contribution in [3.8, 4) is 0 Å². The molecule has 0 aromatic rings. The van der Waals surface area contributed by atoms with Crippen molar-refractivity contribution in [2.75, 3.05) is 6.26 Å². The quantitative estimate of drug-likeness (QED) is 0.432. The van der Waals surface area contributed by atoms with E-state index < -0.39 is 10.1 Å². The number of rotatable bonds is 0. The molecule has 33 valence electrons. The fraction of sp³-hybridized carbons (Fsp3) is 1.00. The van der Waals surface area contributed by atoms with Gasteiger partial charge < -0.3 is 4.55 Å². The normalized spacial score (nSPS) is 9.67. The van der Waals surface area contributed by atoms with Gasteiger partial charge in [0.15, 0.2) is 0 Å². The molecule has 3 nitrogen and oxygen atoms in total. The van der Waals surface area contributed by atoms with Crippen LogP contribution in [-0.4, -0.2) is 19.2 Å². The molecular weight excluding hydrogens is 293 g/mol. The largest absolute Gasteiger partial charge is 1.00 e. The predicted octanol–water partition coefficient (Wildman–Crippen LogP) is -0.841. The Kier molecular flexibility index (Phi) is 4.86. The minimum atomic E-state index is -3.92. The summed E-state index contributed by atoms with van der Waals surface area (Å²) in [6.07, 6.45) is 0.604. The van der Waals surface area contributed by atoms with Gasteiger partial charge in [-0.05, 0) is 0 Å². The molecule has 6 heavy (non-hydrogen) atoms. The molecule has 0 saturated heterocycles. The van der Waals surface area contributed by atoms with E-state index in [1.165, 1.54) is 0 Å². The summed E-state index contributed by atoms with van der Waals surface area (Å²) in [7, 11) is -3.92. The Bertz CT molecular complexity index is 94.0.